The molecular weight excluding hydrogens is 236 g/mol. The molecule has 1 N–H and O–H groups in total. The summed E-state index contributed by atoms with van der Waals surface area (Å²) in [5, 5.41) is 8.83. The molecular formula is C12H16N2O4. The Balaban J connectivity index is 2.76. The fraction of sp³-hybridized carbons (Fsp3) is 0.500. The summed E-state index contributed by atoms with van der Waals surface area (Å²) in [7, 11) is 0. The predicted molar refractivity (Wildman–Crippen MR) is 63.1 cm³/mol. The molecule has 1 atom stereocenters. The van der Waals surface area contributed by atoms with Gasteiger partial charge in [-0.15, -0.1) is 0 Å². The molecule has 98 valence electrons. The molecule has 0 bridgehead atoms. The monoisotopic (exact) mass is 252 g/mol. The second kappa shape index (κ2) is 6.20. The number of carboxylic acids is 1. The molecule has 18 heavy (non-hydrogen) atoms. The van der Waals surface area contributed by atoms with Gasteiger partial charge in [-0.05, 0) is 20.8 Å². The zero-order valence-corrected chi connectivity index (χ0v) is 10.6. The highest BCUT2D eigenvalue weighted by molar-refractivity contribution is 5.75. The Labute approximate surface area is 105 Å². The molecule has 0 amide bonds. The highest BCUT2D eigenvalue weighted by Crippen LogP contribution is 2.10. The summed E-state index contributed by atoms with van der Waals surface area (Å²) in [4.78, 5) is 29.7. The highest BCUT2D eigenvalue weighted by atomic mass is 16.5. The van der Waals surface area contributed by atoms with Gasteiger partial charge < -0.3 is 14.6 Å². The lowest BCUT2D eigenvalue weighted by atomic mass is 10.2. The number of carboxylic acid groups (broad SMARTS) is 1. The molecule has 0 saturated carbocycles. The van der Waals surface area contributed by atoms with Crippen molar-refractivity contribution in [3.8, 4) is 0 Å². The first-order valence-corrected chi connectivity index (χ1v) is 5.54. The number of aliphatic carboxylic acids is 1. The third-order valence-corrected chi connectivity index (χ3v) is 2.59. The van der Waals surface area contributed by atoms with Crippen molar-refractivity contribution >= 4 is 12.3 Å². The number of aryl methyl sites for hydroxylation is 3. The first-order chi connectivity index (χ1) is 8.45. The minimum absolute atomic E-state index is 0.0325. The average molecular weight is 252 g/mol. The van der Waals surface area contributed by atoms with Gasteiger partial charge in [0.05, 0.1) is 29.4 Å². The van der Waals surface area contributed by atoms with Crippen LogP contribution in [0.25, 0.3) is 0 Å². The Hall–Kier alpha value is -1.82. The number of carbonyl (C=O) groups is 2. The van der Waals surface area contributed by atoms with E-state index in [1.165, 1.54) is 0 Å². The van der Waals surface area contributed by atoms with Gasteiger partial charge in [0, 0.05) is 6.42 Å². The summed E-state index contributed by atoms with van der Waals surface area (Å²) in [5.41, 5.74) is 2.91. The molecule has 0 aliphatic rings. The zero-order chi connectivity index (χ0) is 13.7. The van der Waals surface area contributed by atoms with E-state index < -0.39 is 12.1 Å². The van der Waals surface area contributed by atoms with Gasteiger partial charge >= 0.3 is 5.97 Å². The van der Waals surface area contributed by atoms with Crippen molar-refractivity contribution in [1.29, 1.82) is 0 Å². The molecule has 0 saturated heterocycles. The number of aldehydes is 1. The summed E-state index contributed by atoms with van der Waals surface area (Å²) in [6.07, 6.45) is -0.782. The van der Waals surface area contributed by atoms with Crippen molar-refractivity contribution in [3.05, 3.63) is 22.8 Å². The third-order valence-electron chi connectivity index (χ3n) is 2.59. The smallest absolute Gasteiger partial charge is 0.333 e. The Morgan fingerprint density at radius 1 is 1.28 bits per heavy atom. The van der Waals surface area contributed by atoms with Gasteiger partial charge in [0.25, 0.3) is 0 Å². The van der Waals surface area contributed by atoms with Crippen molar-refractivity contribution in [3.63, 3.8) is 0 Å². The van der Waals surface area contributed by atoms with Crippen molar-refractivity contribution in [2.24, 2.45) is 0 Å². The van der Waals surface area contributed by atoms with Crippen LogP contribution in [-0.2, 0) is 20.9 Å². The number of carbonyl (C=O) groups excluding carboxylic acids is 1. The lowest BCUT2D eigenvalue weighted by Gasteiger charge is -2.12. The van der Waals surface area contributed by atoms with Crippen LogP contribution in [0, 0.1) is 20.8 Å². The summed E-state index contributed by atoms with van der Waals surface area (Å²) in [5.74, 6) is -1.16. The van der Waals surface area contributed by atoms with Crippen molar-refractivity contribution in [2.75, 3.05) is 0 Å². The fourth-order valence-electron chi connectivity index (χ4n) is 1.41. The molecule has 1 heterocycles. The molecule has 0 fully saturated rings. The molecule has 6 nitrogen and oxygen atoms in total. The van der Waals surface area contributed by atoms with E-state index in [1.807, 2.05) is 13.8 Å². The summed E-state index contributed by atoms with van der Waals surface area (Å²) in [6, 6.07) is 0. The van der Waals surface area contributed by atoms with Gasteiger partial charge in [-0.25, -0.2) is 4.79 Å². The van der Waals surface area contributed by atoms with Crippen LogP contribution < -0.4 is 0 Å². The van der Waals surface area contributed by atoms with E-state index in [1.54, 1.807) is 6.92 Å². The lowest BCUT2D eigenvalue weighted by Crippen LogP contribution is -2.24. The van der Waals surface area contributed by atoms with Crippen molar-refractivity contribution < 1.29 is 19.4 Å². The van der Waals surface area contributed by atoms with E-state index in [-0.39, 0.29) is 13.0 Å². The number of hydrogen-bond donors (Lipinski definition) is 1. The van der Waals surface area contributed by atoms with Crippen LogP contribution in [0.3, 0.4) is 0 Å². The minimum atomic E-state index is -1.16. The highest BCUT2D eigenvalue weighted by Gasteiger charge is 2.18. The lowest BCUT2D eigenvalue weighted by molar-refractivity contribution is -0.152. The number of nitrogens with zero attached hydrogens (tertiary/aromatic N) is 2. The molecule has 1 aromatic heterocycles. The molecule has 1 unspecified atom stereocenters. The molecule has 0 aromatic carbocycles. The Kier molecular flexibility index (Phi) is 4.91. The van der Waals surface area contributed by atoms with Crippen LogP contribution >= 0.6 is 0 Å². The summed E-state index contributed by atoms with van der Waals surface area (Å²) in [6.45, 7) is 5.50. The van der Waals surface area contributed by atoms with Gasteiger partial charge in [0.2, 0.25) is 0 Å². The Morgan fingerprint density at radius 3 is 2.44 bits per heavy atom. The average Bonchev–Trinajstić information content (AvgIpc) is 2.30. The van der Waals surface area contributed by atoms with Gasteiger partial charge in [-0.1, -0.05) is 0 Å². The van der Waals surface area contributed by atoms with Gasteiger partial charge in [-0.3, -0.25) is 9.97 Å². The summed E-state index contributed by atoms with van der Waals surface area (Å²) < 4.78 is 5.17. The van der Waals surface area contributed by atoms with Crippen LogP contribution in [0.2, 0.25) is 0 Å². The standard InChI is InChI=1S/C12H16N2O4/c1-7-8(2)14-10(9(3)13-7)6-18-11(4-5-15)12(16)17/h5,11H,4,6H2,1-3H3,(H,16,17). The normalized spacial score (nSPS) is 12.2. The Bertz CT molecular complexity index is 460. The quantitative estimate of drug-likeness (QED) is 0.758. The minimum Gasteiger partial charge on any atom is -0.479 e. The first-order valence-electron chi connectivity index (χ1n) is 5.54. The van der Waals surface area contributed by atoms with Crippen molar-refractivity contribution in [2.45, 2.75) is 39.9 Å². The van der Waals surface area contributed by atoms with Gasteiger partial charge in [0.1, 0.15) is 6.29 Å². The number of rotatable bonds is 6. The number of hydrogen-bond acceptors (Lipinski definition) is 5. The van der Waals surface area contributed by atoms with E-state index in [2.05, 4.69) is 9.97 Å². The van der Waals surface area contributed by atoms with Crippen LogP contribution in [-0.4, -0.2) is 33.4 Å². The van der Waals surface area contributed by atoms with Crippen LogP contribution in [0.4, 0.5) is 0 Å². The number of aromatic nitrogens is 2. The van der Waals surface area contributed by atoms with Crippen LogP contribution in [0.1, 0.15) is 29.2 Å². The fourth-order valence-corrected chi connectivity index (χ4v) is 1.41. The SMILES string of the molecule is Cc1nc(C)c(COC(CC=O)C(=O)O)nc1C. The second-order valence-electron chi connectivity index (χ2n) is 3.97. The second-order valence-corrected chi connectivity index (χ2v) is 3.97. The maximum absolute atomic E-state index is 10.8. The largest absolute Gasteiger partial charge is 0.479 e. The maximum atomic E-state index is 10.8. The van der Waals surface area contributed by atoms with E-state index in [0.717, 1.165) is 11.4 Å². The molecule has 1 rings (SSSR count). The van der Waals surface area contributed by atoms with Crippen LogP contribution in [0.5, 0.6) is 0 Å². The topological polar surface area (TPSA) is 89.4 Å². The van der Waals surface area contributed by atoms with E-state index in [9.17, 15) is 9.59 Å². The van der Waals surface area contributed by atoms with Gasteiger partial charge in [0.15, 0.2) is 6.10 Å². The maximum Gasteiger partial charge on any atom is 0.333 e. The molecule has 1 aromatic rings. The predicted octanol–water partition coefficient (Wildman–Crippen LogP) is 0.961. The van der Waals surface area contributed by atoms with E-state index in [4.69, 9.17) is 9.84 Å². The van der Waals surface area contributed by atoms with E-state index >= 15 is 0 Å². The molecule has 0 spiro atoms. The summed E-state index contributed by atoms with van der Waals surface area (Å²) >= 11 is 0. The Morgan fingerprint density at radius 2 is 1.89 bits per heavy atom. The molecule has 0 aliphatic heterocycles. The van der Waals surface area contributed by atoms with Gasteiger partial charge in [-0.2, -0.15) is 0 Å². The molecule has 0 radical (unpaired) electrons. The van der Waals surface area contributed by atoms with Crippen molar-refractivity contribution in [1.82, 2.24) is 9.97 Å². The van der Waals surface area contributed by atoms with Crippen LogP contribution in [0.15, 0.2) is 0 Å². The zero-order valence-electron chi connectivity index (χ0n) is 10.6. The third kappa shape index (κ3) is 3.59. The van der Waals surface area contributed by atoms with E-state index in [0.29, 0.717) is 17.7 Å². The number of ether oxygens (including phenoxy) is 1. The first kappa shape index (κ1) is 14.2. The molecule has 0 aliphatic carbocycles. The molecule has 6 heteroatoms.